The molecule has 0 N–H and O–H groups in total. The minimum absolute atomic E-state index is 0.0754. The summed E-state index contributed by atoms with van der Waals surface area (Å²) in [7, 11) is 0. The number of halogens is 3. The number of benzene rings is 2. The number of unbranched alkanes of at least 4 members (excludes halogenated alkanes) is 1. The number of rotatable bonds is 8. The molecule has 0 unspecified atom stereocenters. The first-order chi connectivity index (χ1) is 17.4. The summed E-state index contributed by atoms with van der Waals surface area (Å²) in [6, 6.07) is 6.57. The Balaban J connectivity index is 1.36. The smallest absolute Gasteiger partial charge is 0.314 e. The lowest BCUT2D eigenvalue weighted by atomic mass is 9.69. The molecule has 6 heteroatoms. The van der Waals surface area contributed by atoms with Crippen LogP contribution in [0.4, 0.5) is 13.2 Å². The zero-order valence-electron chi connectivity index (χ0n) is 21.3. The van der Waals surface area contributed by atoms with E-state index < -0.39 is 29.2 Å². The number of carbonyl (C=O) groups excluding carboxylic acids is 1. The van der Waals surface area contributed by atoms with Crippen molar-refractivity contribution in [1.82, 2.24) is 0 Å². The molecule has 196 valence electrons. The van der Waals surface area contributed by atoms with Crippen molar-refractivity contribution in [2.45, 2.75) is 78.1 Å². The molecule has 2 saturated carbocycles. The third kappa shape index (κ3) is 6.24. The van der Waals surface area contributed by atoms with Gasteiger partial charge in [-0.2, -0.15) is 4.39 Å². The topological polar surface area (TPSA) is 35.5 Å². The maximum atomic E-state index is 14.9. The molecule has 0 saturated heterocycles. The lowest BCUT2D eigenvalue weighted by Crippen LogP contribution is -2.30. The molecule has 2 aliphatic carbocycles. The minimum atomic E-state index is -1.24. The Morgan fingerprint density at radius 1 is 0.861 bits per heavy atom. The molecule has 4 rings (SSSR count). The highest BCUT2D eigenvalue weighted by Crippen LogP contribution is 2.42. The molecule has 2 aliphatic rings. The van der Waals surface area contributed by atoms with Gasteiger partial charge in [0.25, 0.3) is 0 Å². The molecule has 36 heavy (non-hydrogen) atoms. The number of hydrogen-bond donors (Lipinski definition) is 0. The van der Waals surface area contributed by atoms with Gasteiger partial charge in [-0.3, -0.25) is 4.79 Å². The first kappa shape index (κ1) is 26.6. The predicted octanol–water partition coefficient (Wildman–Crippen LogP) is 8.49. The highest BCUT2D eigenvalue weighted by atomic mass is 19.2. The second-order valence-corrected chi connectivity index (χ2v) is 10.6. The van der Waals surface area contributed by atoms with Crippen LogP contribution in [0.2, 0.25) is 0 Å². The first-order valence-corrected chi connectivity index (χ1v) is 13.5. The average Bonchev–Trinajstić information content (AvgIpc) is 2.88. The fourth-order valence-corrected chi connectivity index (χ4v) is 5.72. The summed E-state index contributed by atoms with van der Waals surface area (Å²) >= 11 is 0. The fourth-order valence-electron chi connectivity index (χ4n) is 5.72. The van der Waals surface area contributed by atoms with Gasteiger partial charge in [0.1, 0.15) is 0 Å². The van der Waals surface area contributed by atoms with Gasteiger partial charge in [0.2, 0.25) is 5.82 Å². The quantitative estimate of drug-likeness (QED) is 0.206. The van der Waals surface area contributed by atoms with Crippen molar-refractivity contribution in [2.24, 2.45) is 23.7 Å². The molecule has 0 aliphatic heterocycles. The Hall–Kier alpha value is -2.50. The molecule has 0 spiro atoms. The van der Waals surface area contributed by atoms with Gasteiger partial charge in [-0.1, -0.05) is 39.2 Å². The van der Waals surface area contributed by atoms with E-state index in [-0.39, 0.29) is 22.8 Å². The molecule has 0 radical (unpaired) electrons. The highest BCUT2D eigenvalue weighted by molar-refractivity contribution is 5.76. The van der Waals surface area contributed by atoms with Crippen molar-refractivity contribution in [3.05, 3.63) is 47.8 Å². The second-order valence-electron chi connectivity index (χ2n) is 10.6. The van der Waals surface area contributed by atoms with Gasteiger partial charge in [-0.25, -0.2) is 8.78 Å². The summed E-state index contributed by atoms with van der Waals surface area (Å²) in [6.07, 6.45) is 10.3. The van der Waals surface area contributed by atoms with Crippen LogP contribution < -0.4 is 9.47 Å². The fraction of sp³-hybridized carbons (Fsp3) is 0.567. The number of carbonyl (C=O) groups is 1. The molecule has 0 amide bonds. The van der Waals surface area contributed by atoms with Gasteiger partial charge in [0.15, 0.2) is 23.1 Å². The third-order valence-electron chi connectivity index (χ3n) is 8.09. The normalized spacial score (nSPS) is 24.4. The number of ether oxygens (including phenoxy) is 2. The van der Waals surface area contributed by atoms with E-state index in [1.54, 1.807) is 0 Å². The van der Waals surface area contributed by atoms with Crippen molar-refractivity contribution < 1.29 is 27.4 Å². The second kappa shape index (κ2) is 12.2. The molecule has 0 heterocycles. The summed E-state index contributed by atoms with van der Waals surface area (Å²) in [5, 5.41) is 0. The van der Waals surface area contributed by atoms with Crippen molar-refractivity contribution in [1.29, 1.82) is 0 Å². The van der Waals surface area contributed by atoms with Crippen LogP contribution in [0.25, 0.3) is 11.1 Å². The van der Waals surface area contributed by atoms with E-state index >= 15 is 0 Å². The molecule has 3 nitrogen and oxygen atoms in total. The van der Waals surface area contributed by atoms with Crippen LogP contribution in [0.1, 0.15) is 78.1 Å². The van der Waals surface area contributed by atoms with Gasteiger partial charge in [-0.05, 0) is 92.5 Å². The molecule has 0 bridgehead atoms. The molecule has 0 atom stereocenters. The summed E-state index contributed by atoms with van der Waals surface area (Å²) in [5.41, 5.74) is 0.0775. The van der Waals surface area contributed by atoms with Gasteiger partial charge in [0.05, 0.1) is 12.5 Å². The summed E-state index contributed by atoms with van der Waals surface area (Å²) < 4.78 is 54.8. The monoisotopic (exact) mass is 502 g/mol. The van der Waals surface area contributed by atoms with Crippen molar-refractivity contribution in [2.75, 3.05) is 6.61 Å². The van der Waals surface area contributed by atoms with Crippen LogP contribution in [-0.4, -0.2) is 12.6 Å². The van der Waals surface area contributed by atoms with Crippen LogP contribution in [-0.2, 0) is 4.79 Å². The minimum Gasteiger partial charge on any atom is -0.491 e. The third-order valence-corrected chi connectivity index (χ3v) is 8.09. The van der Waals surface area contributed by atoms with Gasteiger partial charge in [0, 0.05) is 5.56 Å². The SMILES string of the molecule is CCCCOc1ccc(-c2ccc(OC(=O)C3CCC(C4CCC(C)CC4)CC3)c(F)c2F)cc1F. The Kier molecular flexibility index (Phi) is 8.97. The van der Waals surface area contributed by atoms with E-state index in [0.29, 0.717) is 12.5 Å². The first-order valence-electron chi connectivity index (χ1n) is 13.5. The molecule has 2 aromatic rings. The number of hydrogen-bond acceptors (Lipinski definition) is 3. The van der Waals surface area contributed by atoms with Crippen LogP contribution in [0.5, 0.6) is 11.5 Å². The maximum Gasteiger partial charge on any atom is 0.314 e. The van der Waals surface area contributed by atoms with E-state index in [2.05, 4.69) is 6.92 Å². The van der Waals surface area contributed by atoms with Crippen LogP contribution >= 0.6 is 0 Å². The van der Waals surface area contributed by atoms with E-state index in [1.807, 2.05) is 6.92 Å². The molecule has 2 fully saturated rings. The van der Waals surface area contributed by atoms with Gasteiger partial charge in [-0.15, -0.1) is 0 Å². The maximum absolute atomic E-state index is 14.9. The summed E-state index contributed by atoms with van der Waals surface area (Å²) in [5.74, 6) is -1.98. The van der Waals surface area contributed by atoms with Gasteiger partial charge < -0.3 is 9.47 Å². The summed E-state index contributed by atoms with van der Waals surface area (Å²) in [6.45, 7) is 4.71. The Morgan fingerprint density at radius 3 is 2.14 bits per heavy atom. The van der Waals surface area contributed by atoms with E-state index in [9.17, 15) is 18.0 Å². The zero-order chi connectivity index (χ0) is 25.7. The van der Waals surface area contributed by atoms with Crippen LogP contribution in [0, 0.1) is 41.1 Å². The largest absolute Gasteiger partial charge is 0.491 e. The van der Waals surface area contributed by atoms with Gasteiger partial charge >= 0.3 is 5.97 Å². The van der Waals surface area contributed by atoms with E-state index in [1.165, 1.54) is 49.9 Å². The predicted molar refractivity (Wildman–Crippen MR) is 134 cm³/mol. The zero-order valence-corrected chi connectivity index (χ0v) is 21.3. The van der Waals surface area contributed by atoms with Crippen molar-refractivity contribution in [3.63, 3.8) is 0 Å². The summed E-state index contributed by atoms with van der Waals surface area (Å²) in [4.78, 5) is 12.7. The van der Waals surface area contributed by atoms with Crippen molar-refractivity contribution in [3.8, 4) is 22.6 Å². The Morgan fingerprint density at radius 2 is 1.50 bits per heavy atom. The van der Waals surface area contributed by atoms with Crippen molar-refractivity contribution >= 4 is 5.97 Å². The molecule has 0 aromatic heterocycles. The molecular formula is C30H37F3O3. The molecular weight excluding hydrogens is 465 g/mol. The van der Waals surface area contributed by atoms with Crippen LogP contribution in [0.3, 0.4) is 0 Å². The average molecular weight is 503 g/mol. The lowest BCUT2D eigenvalue weighted by molar-refractivity contribution is -0.140. The highest BCUT2D eigenvalue weighted by Gasteiger charge is 2.33. The Bertz CT molecular complexity index is 1040. The standard InChI is InChI=1S/C30H37F3O3/c1-3-4-17-35-26-15-13-23(18-25(26)31)24-14-16-27(29(33)28(24)32)36-30(34)22-11-9-21(10-12-22)20-7-5-19(2)6-8-20/h13-16,18-22H,3-12,17H2,1-2H3. The van der Waals surface area contributed by atoms with Crippen LogP contribution in [0.15, 0.2) is 30.3 Å². The van der Waals surface area contributed by atoms with E-state index in [4.69, 9.17) is 9.47 Å². The lowest BCUT2D eigenvalue weighted by Gasteiger charge is -2.36. The molecule has 2 aromatic carbocycles. The Labute approximate surface area is 212 Å². The number of esters is 1. The van der Waals surface area contributed by atoms with E-state index in [0.717, 1.165) is 56.4 Å².